The van der Waals surface area contributed by atoms with Crippen LogP contribution in [-0.2, 0) is 12.8 Å². The van der Waals surface area contributed by atoms with Crippen molar-refractivity contribution in [3.63, 3.8) is 0 Å². The van der Waals surface area contributed by atoms with Crippen LogP contribution < -0.4 is 9.47 Å². The van der Waals surface area contributed by atoms with Crippen molar-refractivity contribution < 1.29 is 9.47 Å². The normalized spacial score (nSPS) is 17.7. The number of benzene rings is 2. The molecule has 0 bridgehead atoms. The highest BCUT2D eigenvalue weighted by Gasteiger charge is 2.22. The molecule has 0 N–H and O–H groups in total. The molecule has 0 aliphatic heterocycles. The van der Waals surface area contributed by atoms with Gasteiger partial charge in [0.25, 0.3) is 0 Å². The summed E-state index contributed by atoms with van der Waals surface area (Å²) < 4.78 is 10.6. The highest BCUT2D eigenvalue weighted by molar-refractivity contribution is 5.86. The second kappa shape index (κ2) is 9.04. The van der Waals surface area contributed by atoms with E-state index in [1.807, 2.05) is 24.3 Å². The van der Waals surface area contributed by atoms with Gasteiger partial charge in [-0.15, -0.1) is 0 Å². The van der Waals surface area contributed by atoms with E-state index in [1.165, 1.54) is 57.6 Å². The average Bonchev–Trinajstić information content (AvgIpc) is 2.84. The SMILES string of the molecule is COc1ccc(C=C2CCCc3cc4c(nc32)C(=Cc2ccc(OC)cc2)CCC4)cc1. The van der Waals surface area contributed by atoms with E-state index in [-0.39, 0.29) is 0 Å². The van der Waals surface area contributed by atoms with Gasteiger partial charge < -0.3 is 9.47 Å². The molecule has 32 heavy (non-hydrogen) atoms. The number of methoxy groups -OCH3 is 2. The monoisotopic (exact) mass is 423 g/mol. The largest absolute Gasteiger partial charge is 0.497 e. The second-order valence-corrected chi connectivity index (χ2v) is 8.60. The van der Waals surface area contributed by atoms with Crippen LogP contribution >= 0.6 is 0 Å². The van der Waals surface area contributed by atoms with Crippen molar-refractivity contribution in [2.45, 2.75) is 38.5 Å². The van der Waals surface area contributed by atoms with Gasteiger partial charge in [-0.1, -0.05) is 30.3 Å². The highest BCUT2D eigenvalue weighted by atomic mass is 16.5. The topological polar surface area (TPSA) is 31.4 Å². The predicted octanol–water partition coefficient (Wildman–Crippen LogP) is 6.85. The van der Waals surface area contributed by atoms with Crippen molar-refractivity contribution in [1.82, 2.24) is 4.98 Å². The fourth-order valence-electron chi connectivity index (χ4n) is 4.80. The molecular formula is C29H29NO2. The van der Waals surface area contributed by atoms with E-state index in [1.54, 1.807) is 14.2 Å². The Balaban J connectivity index is 1.53. The molecular weight excluding hydrogens is 394 g/mol. The number of fused-ring (bicyclic) bond motifs is 2. The maximum atomic E-state index is 5.30. The molecule has 1 aromatic heterocycles. The van der Waals surface area contributed by atoms with Gasteiger partial charge in [-0.2, -0.15) is 0 Å². The van der Waals surface area contributed by atoms with E-state index in [2.05, 4.69) is 42.5 Å². The summed E-state index contributed by atoms with van der Waals surface area (Å²) in [7, 11) is 3.41. The molecule has 0 saturated carbocycles. The number of allylic oxidation sites excluding steroid dienone is 2. The molecule has 2 aromatic carbocycles. The standard InChI is InChI=1S/C29H29NO2/c1-31-26-13-9-20(10-14-26)17-22-5-3-7-24-19-25-8-4-6-23(29(25)30-28(22)24)18-21-11-15-27(32-2)16-12-21/h9-19H,3-8H2,1-2H3. The van der Waals surface area contributed by atoms with Gasteiger partial charge in [0.2, 0.25) is 0 Å². The van der Waals surface area contributed by atoms with Crippen LogP contribution in [-0.4, -0.2) is 19.2 Å². The third-order valence-corrected chi connectivity index (χ3v) is 6.49. The smallest absolute Gasteiger partial charge is 0.118 e. The number of pyridine rings is 1. The third kappa shape index (κ3) is 4.20. The van der Waals surface area contributed by atoms with Gasteiger partial charge in [0, 0.05) is 0 Å². The Morgan fingerprint density at radius 3 is 1.47 bits per heavy atom. The van der Waals surface area contributed by atoms with E-state index >= 15 is 0 Å². The number of nitrogens with zero attached hydrogens (tertiary/aromatic N) is 1. The zero-order valence-electron chi connectivity index (χ0n) is 18.9. The lowest BCUT2D eigenvalue weighted by Gasteiger charge is -2.25. The zero-order valence-corrected chi connectivity index (χ0v) is 18.9. The first-order valence-electron chi connectivity index (χ1n) is 11.5. The van der Waals surface area contributed by atoms with Gasteiger partial charge in [-0.25, -0.2) is 4.98 Å². The van der Waals surface area contributed by atoms with Gasteiger partial charge in [-0.05, 0) is 108 Å². The summed E-state index contributed by atoms with van der Waals surface area (Å²) in [6.45, 7) is 0. The molecule has 162 valence electrons. The molecule has 0 unspecified atom stereocenters. The summed E-state index contributed by atoms with van der Waals surface area (Å²) in [6.07, 6.45) is 11.3. The molecule has 3 nitrogen and oxygen atoms in total. The Morgan fingerprint density at radius 2 is 1.06 bits per heavy atom. The molecule has 0 radical (unpaired) electrons. The minimum absolute atomic E-state index is 0.886. The molecule has 1 heterocycles. The number of ether oxygens (including phenoxy) is 2. The summed E-state index contributed by atoms with van der Waals surface area (Å²) in [5.41, 5.74) is 10.3. The molecule has 0 saturated heterocycles. The number of aromatic nitrogens is 1. The highest BCUT2D eigenvalue weighted by Crippen LogP contribution is 2.37. The first kappa shape index (κ1) is 20.6. The summed E-state index contributed by atoms with van der Waals surface area (Å²) in [4.78, 5) is 5.29. The van der Waals surface area contributed by atoms with Crippen LogP contribution in [0.3, 0.4) is 0 Å². The fourth-order valence-corrected chi connectivity index (χ4v) is 4.80. The lowest BCUT2D eigenvalue weighted by Crippen LogP contribution is -2.12. The summed E-state index contributed by atoms with van der Waals surface area (Å²) >= 11 is 0. The first-order valence-corrected chi connectivity index (χ1v) is 11.5. The van der Waals surface area contributed by atoms with Gasteiger partial charge in [0.15, 0.2) is 0 Å². The molecule has 3 heteroatoms. The number of hydrogen-bond donors (Lipinski definition) is 0. The second-order valence-electron chi connectivity index (χ2n) is 8.60. The number of aryl methyl sites for hydroxylation is 2. The molecule has 0 atom stereocenters. The van der Waals surface area contributed by atoms with Crippen molar-refractivity contribution in [3.05, 3.63) is 88.2 Å². The minimum Gasteiger partial charge on any atom is -0.497 e. The predicted molar refractivity (Wildman–Crippen MR) is 132 cm³/mol. The van der Waals surface area contributed by atoms with E-state index < -0.39 is 0 Å². The molecule has 3 aromatic rings. The van der Waals surface area contributed by atoms with Crippen LogP contribution in [0.25, 0.3) is 23.3 Å². The molecule has 0 fully saturated rings. The quantitative estimate of drug-likeness (QED) is 0.460. The van der Waals surface area contributed by atoms with Crippen LogP contribution in [0.2, 0.25) is 0 Å². The van der Waals surface area contributed by atoms with E-state index in [0.717, 1.165) is 37.2 Å². The van der Waals surface area contributed by atoms with Gasteiger partial charge in [0.1, 0.15) is 11.5 Å². The van der Waals surface area contributed by atoms with Crippen LogP contribution in [0, 0.1) is 0 Å². The molecule has 2 aliphatic rings. The molecule has 5 rings (SSSR count). The summed E-state index contributed by atoms with van der Waals surface area (Å²) in [5, 5.41) is 0. The van der Waals surface area contributed by atoms with E-state index in [9.17, 15) is 0 Å². The van der Waals surface area contributed by atoms with Crippen molar-refractivity contribution >= 4 is 23.3 Å². The Morgan fingerprint density at radius 1 is 0.625 bits per heavy atom. The third-order valence-electron chi connectivity index (χ3n) is 6.49. The number of rotatable bonds is 4. The lowest BCUT2D eigenvalue weighted by atomic mass is 9.84. The minimum atomic E-state index is 0.886. The maximum Gasteiger partial charge on any atom is 0.118 e. The van der Waals surface area contributed by atoms with Crippen LogP contribution in [0.15, 0.2) is 54.6 Å². The average molecular weight is 424 g/mol. The van der Waals surface area contributed by atoms with Crippen molar-refractivity contribution in [2.75, 3.05) is 14.2 Å². The van der Waals surface area contributed by atoms with E-state index in [0.29, 0.717) is 0 Å². The van der Waals surface area contributed by atoms with Gasteiger partial charge in [0.05, 0.1) is 25.6 Å². The Kier molecular flexibility index (Phi) is 5.81. The Labute approximate surface area is 190 Å². The number of hydrogen-bond acceptors (Lipinski definition) is 3. The fraction of sp³-hybridized carbons (Fsp3) is 0.276. The Bertz CT molecular complexity index is 1080. The van der Waals surface area contributed by atoms with Crippen molar-refractivity contribution in [2.24, 2.45) is 0 Å². The molecule has 0 amide bonds. The van der Waals surface area contributed by atoms with Crippen molar-refractivity contribution in [3.8, 4) is 11.5 Å². The molecule has 0 spiro atoms. The van der Waals surface area contributed by atoms with Gasteiger partial charge >= 0.3 is 0 Å². The van der Waals surface area contributed by atoms with Gasteiger partial charge in [-0.3, -0.25) is 0 Å². The first-order chi connectivity index (χ1) is 15.7. The van der Waals surface area contributed by atoms with Crippen LogP contribution in [0.4, 0.5) is 0 Å². The van der Waals surface area contributed by atoms with Crippen molar-refractivity contribution in [1.29, 1.82) is 0 Å². The molecule has 2 aliphatic carbocycles. The summed E-state index contributed by atoms with van der Waals surface area (Å²) in [6, 6.07) is 19.0. The maximum absolute atomic E-state index is 5.30. The van der Waals surface area contributed by atoms with E-state index in [4.69, 9.17) is 14.5 Å². The van der Waals surface area contributed by atoms with Crippen LogP contribution in [0.1, 0.15) is 59.3 Å². The lowest BCUT2D eigenvalue weighted by molar-refractivity contribution is 0.414. The van der Waals surface area contributed by atoms with Crippen LogP contribution in [0.5, 0.6) is 11.5 Å². The summed E-state index contributed by atoms with van der Waals surface area (Å²) in [5.74, 6) is 1.77. The Hall–Kier alpha value is -3.33. The zero-order chi connectivity index (χ0) is 21.9.